The SMILES string of the molecule is CN1CCC(C(=O)N2C[C@@H]3CN(CC(=O)NC4CCCC4)C[C@]3(C)C2)C1. The number of hydrogen-bond donors (Lipinski definition) is 1. The van der Waals surface area contributed by atoms with Crippen LogP contribution < -0.4 is 5.32 Å². The van der Waals surface area contributed by atoms with Crippen molar-refractivity contribution in [2.75, 3.05) is 52.9 Å². The first-order valence-electron chi connectivity index (χ1n) is 10.4. The molecule has 4 rings (SSSR count). The molecule has 3 atom stereocenters. The number of amides is 2. The van der Waals surface area contributed by atoms with E-state index in [0.29, 0.717) is 24.4 Å². The lowest BCUT2D eigenvalue weighted by molar-refractivity contribution is -0.134. The zero-order valence-electron chi connectivity index (χ0n) is 16.4. The molecule has 6 nitrogen and oxygen atoms in total. The van der Waals surface area contributed by atoms with E-state index >= 15 is 0 Å². The molecule has 1 N–H and O–H groups in total. The van der Waals surface area contributed by atoms with Crippen molar-refractivity contribution in [3.05, 3.63) is 0 Å². The lowest BCUT2D eigenvalue weighted by atomic mass is 9.83. The van der Waals surface area contributed by atoms with Crippen molar-refractivity contribution < 1.29 is 9.59 Å². The van der Waals surface area contributed by atoms with Crippen LogP contribution >= 0.6 is 0 Å². The normalized spacial score (nSPS) is 36.0. The van der Waals surface area contributed by atoms with Crippen LogP contribution in [-0.4, -0.2) is 85.4 Å². The van der Waals surface area contributed by atoms with Crippen molar-refractivity contribution in [1.29, 1.82) is 0 Å². The maximum Gasteiger partial charge on any atom is 0.234 e. The topological polar surface area (TPSA) is 55.9 Å². The van der Waals surface area contributed by atoms with Gasteiger partial charge in [0.2, 0.25) is 11.8 Å². The van der Waals surface area contributed by atoms with Crippen molar-refractivity contribution in [2.45, 2.75) is 45.1 Å². The van der Waals surface area contributed by atoms with Crippen molar-refractivity contribution in [2.24, 2.45) is 17.3 Å². The van der Waals surface area contributed by atoms with Gasteiger partial charge in [0.25, 0.3) is 0 Å². The molecular weight excluding hydrogens is 328 g/mol. The van der Waals surface area contributed by atoms with Gasteiger partial charge in [-0.2, -0.15) is 0 Å². The van der Waals surface area contributed by atoms with E-state index in [-0.39, 0.29) is 17.2 Å². The first kappa shape index (κ1) is 18.2. The standard InChI is InChI=1S/C20H34N4O2/c1-20-13-23(12-18(25)21-17-5-3-4-6-17)10-16(20)11-24(14-20)19(26)15-7-8-22(2)9-15/h15-17H,3-14H2,1-2H3,(H,21,25)/t15?,16-,20+/m0/s1. The molecule has 0 radical (unpaired) electrons. The van der Waals surface area contributed by atoms with Gasteiger partial charge in [0.05, 0.1) is 12.5 Å². The lowest BCUT2D eigenvalue weighted by Crippen LogP contribution is -2.43. The summed E-state index contributed by atoms with van der Waals surface area (Å²) < 4.78 is 0. The Hall–Kier alpha value is -1.14. The minimum atomic E-state index is 0.147. The molecule has 3 aliphatic heterocycles. The van der Waals surface area contributed by atoms with Gasteiger partial charge >= 0.3 is 0 Å². The molecule has 6 heteroatoms. The summed E-state index contributed by atoms with van der Waals surface area (Å²) in [6.07, 6.45) is 5.77. The van der Waals surface area contributed by atoms with Gasteiger partial charge in [-0.3, -0.25) is 14.5 Å². The Kier molecular flexibility index (Phi) is 4.99. The number of nitrogens with zero attached hydrogens (tertiary/aromatic N) is 3. The number of carbonyl (C=O) groups excluding carboxylic acids is 2. The van der Waals surface area contributed by atoms with E-state index in [9.17, 15) is 9.59 Å². The third kappa shape index (κ3) is 3.63. The number of rotatable bonds is 4. The van der Waals surface area contributed by atoms with E-state index in [1.807, 2.05) is 0 Å². The summed E-state index contributed by atoms with van der Waals surface area (Å²) in [5, 5.41) is 3.20. The van der Waals surface area contributed by atoms with Crippen LogP contribution in [0.5, 0.6) is 0 Å². The second-order valence-electron chi connectivity index (χ2n) is 9.54. The summed E-state index contributed by atoms with van der Waals surface area (Å²) in [5.74, 6) is 1.23. The molecule has 0 spiro atoms. The summed E-state index contributed by atoms with van der Waals surface area (Å²) in [7, 11) is 2.10. The smallest absolute Gasteiger partial charge is 0.234 e. The van der Waals surface area contributed by atoms with Crippen LogP contribution in [-0.2, 0) is 9.59 Å². The molecule has 1 aliphatic carbocycles. The Bertz CT molecular complexity index is 562. The number of nitrogens with one attached hydrogen (secondary N) is 1. The Morgan fingerprint density at radius 2 is 1.85 bits per heavy atom. The maximum absolute atomic E-state index is 12.8. The summed E-state index contributed by atoms with van der Waals surface area (Å²) in [4.78, 5) is 31.9. The van der Waals surface area contributed by atoms with E-state index in [2.05, 4.69) is 34.0 Å². The molecule has 0 aromatic heterocycles. The monoisotopic (exact) mass is 362 g/mol. The van der Waals surface area contributed by atoms with Crippen LogP contribution in [0, 0.1) is 17.3 Å². The second kappa shape index (κ2) is 7.12. The van der Waals surface area contributed by atoms with Crippen LogP contribution in [0.15, 0.2) is 0 Å². The highest BCUT2D eigenvalue weighted by atomic mass is 16.2. The van der Waals surface area contributed by atoms with Gasteiger partial charge in [0, 0.05) is 44.2 Å². The minimum Gasteiger partial charge on any atom is -0.352 e. The van der Waals surface area contributed by atoms with Gasteiger partial charge in [-0.05, 0) is 38.8 Å². The highest BCUT2D eigenvalue weighted by Crippen LogP contribution is 2.42. The number of hydrogen-bond acceptors (Lipinski definition) is 4. The fourth-order valence-electron chi connectivity index (χ4n) is 5.69. The molecule has 0 aromatic rings. The van der Waals surface area contributed by atoms with Crippen LogP contribution in [0.4, 0.5) is 0 Å². The predicted molar refractivity (Wildman–Crippen MR) is 101 cm³/mol. The third-order valence-electron chi connectivity index (χ3n) is 7.18. The molecule has 3 heterocycles. The van der Waals surface area contributed by atoms with Crippen molar-refractivity contribution in [3.8, 4) is 0 Å². The van der Waals surface area contributed by atoms with Crippen molar-refractivity contribution >= 4 is 11.8 Å². The predicted octanol–water partition coefficient (Wildman–Crippen LogP) is 0.777. The van der Waals surface area contributed by atoms with Crippen molar-refractivity contribution in [3.63, 3.8) is 0 Å². The quantitative estimate of drug-likeness (QED) is 0.803. The highest BCUT2D eigenvalue weighted by Gasteiger charge is 2.51. The number of fused-ring (bicyclic) bond motifs is 1. The van der Waals surface area contributed by atoms with Gasteiger partial charge in [-0.15, -0.1) is 0 Å². The summed E-state index contributed by atoms with van der Waals surface area (Å²) in [5.41, 5.74) is 0.147. The molecule has 4 fully saturated rings. The molecule has 2 amide bonds. The van der Waals surface area contributed by atoms with Gasteiger partial charge in [0.15, 0.2) is 0 Å². The third-order valence-corrected chi connectivity index (χ3v) is 7.18. The fourth-order valence-corrected chi connectivity index (χ4v) is 5.69. The van der Waals surface area contributed by atoms with E-state index < -0.39 is 0 Å². The van der Waals surface area contributed by atoms with E-state index in [0.717, 1.165) is 58.5 Å². The highest BCUT2D eigenvalue weighted by molar-refractivity contribution is 5.80. The molecular formula is C20H34N4O2. The van der Waals surface area contributed by atoms with Gasteiger partial charge in [-0.1, -0.05) is 19.8 Å². The maximum atomic E-state index is 12.8. The van der Waals surface area contributed by atoms with Crippen LogP contribution in [0.1, 0.15) is 39.0 Å². The molecule has 0 aromatic carbocycles. The van der Waals surface area contributed by atoms with Gasteiger partial charge in [0.1, 0.15) is 0 Å². The van der Waals surface area contributed by atoms with Gasteiger partial charge < -0.3 is 15.1 Å². The Morgan fingerprint density at radius 3 is 2.50 bits per heavy atom. The molecule has 0 bridgehead atoms. The van der Waals surface area contributed by atoms with E-state index in [1.54, 1.807) is 0 Å². The molecule has 26 heavy (non-hydrogen) atoms. The Morgan fingerprint density at radius 1 is 1.08 bits per heavy atom. The first-order chi connectivity index (χ1) is 12.4. The van der Waals surface area contributed by atoms with Crippen LogP contribution in [0.2, 0.25) is 0 Å². The number of carbonyl (C=O) groups is 2. The first-order valence-corrected chi connectivity index (χ1v) is 10.4. The fraction of sp³-hybridized carbons (Fsp3) is 0.900. The summed E-state index contributed by atoms with van der Waals surface area (Å²) >= 11 is 0. The minimum absolute atomic E-state index is 0.147. The van der Waals surface area contributed by atoms with Crippen LogP contribution in [0.3, 0.4) is 0 Å². The second-order valence-corrected chi connectivity index (χ2v) is 9.54. The Balaban J connectivity index is 1.27. The molecule has 4 aliphatic rings. The largest absolute Gasteiger partial charge is 0.352 e. The summed E-state index contributed by atoms with van der Waals surface area (Å²) in [6.45, 7) is 8.38. The Labute approximate surface area is 157 Å². The number of likely N-dealkylation sites (tertiary alicyclic amines) is 3. The zero-order chi connectivity index (χ0) is 18.3. The molecule has 1 saturated carbocycles. The van der Waals surface area contributed by atoms with Crippen LogP contribution in [0.25, 0.3) is 0 Å². The van der Waals surface area contributed by atoms with E-state index in [1.165, 1.54) is 12.8 Å². The average molecular weight is 363 g/mol. The van der Waals surface area contributed by atoms with E-state index in [4.69, 9.17) is 0 Å². The van der Waals surface area contributed by atoms with Crippen molar-refractivity contribution in [1.82, 2.24) is 20.0 Å². The zero-order valence-corrected chi connectivity index (χ0v) is 16.4. The summed E-state index contributed by atoms with van der Waals surface area (Å²) in [6, 6.07) is 0.401. The molecule has 3 saturated heterocycles. The molecule has 146 valence electrons. The lowest BCUT2D eigenvalue weighted by Gasteiger charge is -2.27. The van der Waals surface area contributed by atoms with Gasteiger partial charge in [-0.25, -0.2) is 0 Å². The average Bonchev–Trinajstić information content (AvgIpc) is 3.31. The molecule has 1 unspecified atom stereocenters.